The van der Waals surface area contributed by atoms with Crippen LogP contribution in [0.2, 0.25) is 0 Å². The van der Waals surface area contributed by atoms with Gasteiger partial charge >= 0.3 is 0 Å². The van der Waals surface area contributed by atoms with Crippen LogP contribution in [0.5, 0.6) is 0 Å². The average Bonchev–Trinajstić information content (AvgIpc) is 3.29. The second kappa shape index (κ2) is 13.0. The van der Waals surface area contributed by atoms with E-state index in [0.717, 1.165) is 84.2 Å². The van der Waals surface area contributed by atoms with Crippen LogP contribution in [0.4, 0.5) is 0 Å². The lowest BCUT2D eigenvalue weighted by Gasteiger charge is -2.34. The third-order valence-corrected chi connectivity index (χ3v) is 5.38. The maximum Gasteiger partial charge on any atom is 0.191 e. The van der Waals surface area contributed by atoms with Gasteiger partial charge in [0.2, 0.25) is 0 Å². The highest BCUT2D eigenvalue weighted by Crippen LogP contribution is 2.08. The highest BCUT2D eigenvalue weighted by molar-refractivity contribution is 5.79. The highest BCUT2D eigenvalue weighted by atomic mass is 15.3. The molecule has 1 aromatic heterocycles. The molecule has 1 aromatic carbocycles. The molecule has 2 aromatic rings. The first-order valence-corrected chi connectivity index (χ1v) is 11.3. The molecule has 0 radical (unpaired) electrons. The first-order chi connectivity index (χ1) is 14.8. The number of benzene rings is 1. The number of piperazine rings is 1. The second-order valence-electron chi connectivity index (χ2n) is 7.77. The number of nitrogens with one attached hydrogen (secondary N) is 2. The molecule has 0 aliphatic carbocycles. The molecule has 0 atom stereocenters. The summed E-state index contributed by atoms with van der Waals surface area (Å²) in [7, 11) is 0. The lowest BCUT2D eigenvalue weighted by atomic mass is 10.2. The molecule has 2 N–H and O–H groups in total. The van der Waals surface area contributed by atoms with Gasteiger partial charge in [0.25, 0.3) is 0 Å². The van der Waals surface area contributed by atoms with E-state index in [-0.39, 0.29) is 0 Å². The molecule has 30 heavy (non-hydrogen) atoms. The van der Waals surface area contributed by atoms with Gasteiger partial charge in [-0.2, -0.15) is 5.10 Å². The van der Waals surface area contributed by atoms with Crippen LogP contribution in [0.15, 0.2) is 53.8 Å². The Morgan fingerprint density at radius 2 is 1.77 bits per heavy atom. The predicted molar refractivity (Wildman–Crippen MR) is 124 cm³/mol. The van der Waals surface area contributed by atoms with Gasteiger partial charge in [0, 0.05) is 71.3 Å². The predicted octanol–water partition coefficient (Wildman–Crippen LogP) is 2.04. The molecule has 7 heteroatoms. The Bertz CT molecular complexity index is 706. The second-order valence-corrected chi connectivity index (χ2v) is 7.77. The van der Waals surface area contributed by atoms with E-state index in [1.807, 2.05) is 23.1 Å². The Hall–Kier alpha value is -2.38. The molecule has 1 aliphatic rings. The van der Waals surface area contributed by atoms with Crippen LogP contribution in [0.25, 0.3) is 0 Å². The summed E-state index contributed by atoms with van der Waals surface area (Å²) in [6.07, 6.45) is 5.94. The van der Waals surface area contributed by atoms with Crippen LogP contribution in [-0.4, -0.2) is 77.9 Å². The van der Waals surface area contributed by atoms with Gasteiger partial charge in [-0.15, -0.1) is 0 Å². The Morgan fingerprint density at radius 3 is 2.50 bits per heavy atom. The molecule has 0 saturated carbocycles. The summed E-state index contributed by atoms with van der Waals surface area (Å²) < 4.78 is 1.95. The summed E-state index contributed by atoms with van der Waals surface area (Å²) in [4.78, 5) is 9.82. The largest absolute Gasteiger partial charge is 0.357 e. The van der Waals surface area contributed by atoms with Crippen molar-refractivity contribution in [2.75, 3.05) is 52.4 Å². The number of guanidine groups is 1. The van der Waals surface area contributed by atoms with E-state index in [2.05, 4.69) is 67.8 Å². The molecule has 2 heterocycles. The molecule has 1 aliphatic heterocycles. The molecule has 1 fully saturated rings. The Morgan fingerprint density at radius 1 is 0.967 bits per heavy atom. The van der Waals surface area contributed by atoms with Crippen molar-refractivity contribution in [3.05, 3.63) is 54.4 Å². The lowest BCUT2D eigenvalue weighted by molar-refractivity contribution is 0.126. The Labute approximate surface area is 181 Å². The summed E-state index contributed by atoms with van der Waals surface area (Å²) in [5.41, 5.74) is 1.41. The fourth-order valence-electron chi connectivity index (χ4n) is 3.72. The first-order valence-electron chi connectivity index (χ1n) is 11.3. The number of aryl methyl sites for hydroxylation is 1. The summed E-state index contributed by atoms with van der Waals surface area (Å²) in [6.45, 7) is 12.5. The van der Waals surface area contributed by atoms with Crippen LogP contribution in [0.1, 0.15) is 25.3 Å². The van der Waals surface area contributed by atoms with Gasteiger partial charge in [0.1, 0.15) is 0 Å². The fourth-order valence-corrected chi connectivity index (χ4v) is 3.72. The van der Waals surface area contributed by atoms with Gasteiger partial charge in [-0.3, -0.25) is 14.6 Å². The normalized spacial score (nSPS) is 16.0. The fraction of sp³-hybridized carbons (Fsp3) is 0.565. The van der Waals surface area contributed by atoms with Gasteiger partial charge in [0.05, 0.1) is 0 Å². The monoisotopic (exact) mass is 411 g/mol. The molecule has 0 unspecified atom stereocenters. The van der Waals surface area contributed by atoms with Crippen molar-refractivity contribution in [1.82, 2.24) is 30.2 Å². The standard InChI is InChI=1S/C23H37N7/c1-2-24-23(26-12-7-15-30-16-8-13-27-30)25-11-6-14-28-17-19-29(20-18-28)21-22-9-4-3-5-10-22/h3-5,8-10,13,16H,2,6-7,11-12,14-15,17-21H2,1H3,(H2,24,25,26). The van der Waals surface area contributed by atoms with Crippen molar-refractivity contribution < 1.29 is 0 Å². The van der Waals surface area contributed by atoms with Crippen molar-refractivity contribution in [2.45, 2.75) is 32.9 Å². The van der Waals surface area contributed by atoms with Crippen LogP contribution in [0.3, 0.4) is 0 Å². The van der Waals surface area contributed by atoms with Gasteiger partial charge < -0.3 is 15.5 Å². The molecule has 3 rings (SSSR count). The highest BCUT2D eigenvalue weighted by Gasteiger charge is 2.16. The van der Waals surface area contributed by atoms with Gasteiger partial charge in [0.15, 0.2) is 5.96 Å². The molecule has 0 spiro atoms. The number of aliphatic imine (C=N–C) groups is 1. The van der Waals surface area contributed by atoms with Crippen LogP contribution >= 0.6 is 0 Å². The van der Waals surface area contributed by atoms with E-state index < -0.39 is 0 Å². The summed E-state index contributed by atoms with van der Waals surface area (Å²) in [6, 6.07) is 12.7. The molecule has 7 nitrogen and oxygen atoms in total. The van der Waals surface area contributed by atoms with E-state index in [1.165, 1.54) is 5.56 Å². The minimum atomic E-state index is 0.804. The van der Waals surface area contributed by atoms with E-state index >= 15 is 0 Å². The maximum atomic E-state index is 4.68. The number of rotatable bonds is 11. The number of nitrogens with zero attached hydrogens (tertiary/aromatic N) is 5. The van der Waals surface area contributed by atoms with Crippen molar-refractivity contribution >= 4 is 5.96 Å². The van der Waals surface area contributed by atoms with E-state index in [4.69, 9.17) is 0 Å². The number of hydrogen-bond acceptors (Lipinski definition) is 4. The topological polar surface area (TPSA) is 60.7 Å². The summed E-state index contributed by atoms with van der Waals surface area (Å²) >= 11 is 0. The third-order valence-electron chi connectivity index (χ3n) is 5.38. The van der Waals surface area contributed by atoms with Gasteiger partial charge in [-0.05, 0) is 37.9 Å². The third kappa shape index (κ3) is 8.16. The van der Waals surface area contributed by atoms with Gasteiger partial charge in [-0.1, -0.05) is 30.3 Å². The maximum absolute atomic E-state index is 4.68. The Balaban J connectivity index is 1.27. The molecular weight excluding hydrogens is 374 g/mol. The molecule has 1 saturated heterocycles. The van der Waals surface area contributed by atoms with Crippen LogP contribution in [-0.2, 0) is 13.1 Å². The van der Waals surface area contributed by atoms with E-state index in [9.17, 15) is 0 Å². The Kier molecular flexibility index (Phi) is 9.69. The molecular formula is C23H37N7. The first kappa shape index (κ1) is 22.3. The summed E-state index contributed by atoms with van der Waals surface area (Å²) in [5, 5.41) is 11.0. The lowest BCUT2D eigenvalue weighted by Crippen LogP contribution is -2.46. The van der Waals surface area contributed by atoms with Crippen molar-refractivity contribution in [2.24, 2.45) is 4.99 Å². The minimum absolute atomic E-state index is 0.804. The van der Waals surface area contributed by atoms with Gasteiger partial charge in [-0.25, -0.2) is 0 Å². The zero-order valence-electron chi connectivity index (χ0n) is 18.3. The molecule has 0 amide bonds. The quantitative estimate of drug-likeness (QED) is 0.337. The van der Waals surface area contributed by atoms with E-state index in [0.29, 0.717) is 0 Å². The minimum Gasteiger partial charge on any atom is -0.357 e. The van der Waals surface area contributed by atoms with E-state index in [1.54, 1.807) is 0 Å². The van der Waals surface area contributed by atoms with Crippen molar-refractivity contribution in [3.8, 4) is 0 Å². The smallest absolute Gasteiger partial charge is 0.191 e. The average molecular weight is 412 g/mol. The van der Waals surface area contributed by atoms with Crippen molar-refractivity contribution in [1.29, 1.82) is 0 Å². The zero-order chi connectivity index (χ0) is 20.9. The number of hydrogen-bond donors (Lipinski definition) is 2. The van der Waals surface area contributed by atoms with Crippen molar-refractivity contribution in [3.63, 3.8) is 0 Å². The molecule has 164 valence electrons. The number of aromatic nitrogens is 2. The van der Waals surface area contributed by atoms with Crippen LogP contribution < -0.4 is 10.6 Å². The van der Waals surface area contributed by atoms with Crippen LogP contribution in [0, 0.1) is 0 Å². The summed E-state index contributed by atoms with van der Waals surface area (Å²) in [5.74, 6) is 0.922. The SMILES string of the molecule is CCNC(=NCCCn1cccn1)NCCCN1CCN(Cc2ccccc2)CC1. The zero-order valence-corrected chi connectivity index (χ0v) is 18.3. The molecule has 0 bridgehead atoms.